The Balaban J connectivity index is 1.44. The van der Waals surface area contributed by atoms with Gasteiger partial charge in [0.1, 0.15) is 22.7 Å². The number of fused-ring (bicyclic) bond motifs is 1. The molecule has 1 atom stereocenters. The van der Waals surface area contributed by atoms with E-state index in [-0.39, 0.29) is 18.7 Å². The Morgan fingerprint density at radius 3 is 2.74 bits per heavy atom. The first-order valence-corrected chi connectivity index (χ1v) is 10.2. The van der Waals surface area contributed by atoms with Gasteiger partial charge in [0.25, 0.3) is 0 Å². The molecule has 4 aromatic rings. The maximum Gasteiger partial charge on any atom is 0.326 e. The highest BCUT2D eigenvalue weighted by Crippen LogP contribution is 2.24. The molecule has 1 amide bonds. The third kappa shape index (κ3) is 4.77. The van der Waals surface area contributed by atoms with Crippen LogP contribution in [0.15, 0.2) is 54.0 Å². The van der Waals surface area contributed by atoms with Crippen LogP contribution >= 0.6 is 11.3 Å². The van der Waals surface area contributed by atoms with Gasteiger partial charge >= 0.3 is 5.97 Å². The number of carboxylic acid groups (broad SMARTS) is 1. The van der Waals surface area contributed by atoms with Crippen LogP contribution in [0.1, 0.15) is 11.3 Å². The Morgan fingerprint density at radius 1 is 1.16 bits per heavy atom. The van der Waals surface area contributed by atoms with Crippen LogP contribution in [0.25, 0.3) is 21.5 Å². The van der Waals surface area contributed by atoms with Gasteiger partial charge in [-0.15, -0.1) is 11.3 Å². The van der Waals surface area contributed by atoms with Gasteiger partial charge in [-0.2, -0.15) is 0 Å². The van der Waals surface area contributed by atoms with E-state index in [1.54, 1.807) is 29.8 Å². The lowest BCUT2D eigenvalue weighted by Crippen LogP contribution is -2.43. The van der Waals surface area contributed by atoms with Gasteiger partial charge in [0.05, 0.1) is 12.1 Å². The standard InChI is InChI=1S/C22H17F2N3O3S/c23-14-3-1-2-12(6-14)21-26-16(11-31-21)9-20(28)27-19(22(29)30)7-13-10-25-18-8-15(24)4-5-17(13)18/h1-6,8,10-11,19,25H,7,9H2,(H,27,28)(H,29,30). The van der Waals surface area contributed by atoms with E-state index in [2.05, 4.69) is 15.3 Å². The summed E-state index contributed by atoms with van der Waals surface area (Å²) in [5.41, 5.74) is 2.28. The molecule has 2 aromatic carbocycles. The van der Waals surface area contributed by atoms with Crippen LogP contribution in [0, 0.1) is 11.6 Å². The molecule has 0 radical (unpaired) electrons. The summed E-state index contributed by atoms with van der Waals surface area (Å²) in [7, 11) is 0. The molecule has 9 heteroatoms. The molecule has 0 saturated heterocycles. The Labute approximate surface area is 179 Å². The first-order chi connectivity index (χ1) is 14.9. The first kappa shape index (κ1) is 20.7. The number of carboxylic acids is 1. The molecule has 6 nitrogen and oxygen atoms in total. The molecule has 0 aliphatic carbocycles. The van der Waals surface area contributed by atoms with Crippen molar-refractivity contribution in [1.82, 2.24) is 15.3 Å². The number of aromatic nitrogens is 2. The van der Waals surface area contributed by atoms with E-state index in [4.69, 9.17) is 0 Å². The topological polar surface area (TPSA) is 95.1 Å². The van der Waals surface area contributed by atoms with Crippen LogP contribution in [0.5, 0.6) is 0 Å². The highest BCUT2D eigenvalue weighted by molar-refractivity contribution is 7.13. The number of hydrogen-bond donors (Lipinski definition) is 3. The minimum Gasteiger partial charge on any atom is -0.480 e. The second-order valence-corrected chi connectivity index (χ2v) is 7.86. The zero-order chi connectivity index (χ0) is 22.0. The van der Waals surface area contributed by atoms with Crippen molar-refractivity contribution in [1.29, 1.82) is 0 Å². The van der Waals surface area contributed by atoms with Crippen molar-refractivity contribution in [3.05, 3.63) is 76.9 Å². The summed E-state index contributed by atoms with van der Waals surface area (Å²) in [6.45, 7) is 0. The average Bonchev–Trinajstić information content (AvgIpc) is 3.34. The summed E-state index contributed by atoms with van der Waals surface area (Å²) in [5, 5.41) is 15.0. The fraction of sp³-hybridized carbons (Fsp3) is 0.136. The monoisotopic (exact) mass is 441 g/mol. The lowest BCUT2D eigenvalue weighted by atomic mass is 10.0. The number of thiazole rings is 1. The molecule has 3 N–H and O–H groups in total. The Kier molecular flexibility index (Phi) is 5.77. The summed E-state index contributed by atoms with van der Waals surface area (Å²) >= 11 is 1.28. The number of H-pyrrole nitrogens is 1. The first-order valence-electron chi connectivity index (χ1n) is 9.37. The highest BCUT2D eigenvalue weighted by Gasteiger charge is 2.22. The number of rotatable bonds is 7. The number of benzene rings is 2. The second kappa shape index (κ2) is 8.65. The molecule has 0 saturated carbocycles. The summed E-state index contributed by atoms with van der Waals surface area (Å²) < 4.78 is 26.7. The zero-order valence-electron chi connectivity index (χ0n) is 16.1. The molecule has 0 bridgehead atoms. The summed E-state index contributed by atoms with van der Waals surface area (Å²) in [4.78, 5) is 31.4. The molecule has 0 aliphatic heterocycles. The Hall–Kier alpha value is -3.59. The van der Waals surface area contributed by atoms with Gasteiger partial charge in [-0.05, 0) is 35.9 Å². The largest absolute Gasteiger partial charge is 0.480 e. The van der Waals surface area contributed by atoms with Gasteiger partial charge in [0.15, 0.2) is 0 Å². The normalized spacial score (nSPS) is 12.1. The minimum absolute atomic E-state index is 0.0400. The lowest BCUT2D eigenvalue weighted by Gasteiger charge is -2.14. The third-order valence-corrected chi connectivity index (χ3v) is 5.69. The average molecular weight is 441 g/mol. The SMILES string of the molecule is O=C(Cc1csc(-c2cccc(F)c2)n1)NC(Cc1c[nH]c2cc(F)ccc12)C(=O)O. The molecule has 4 rings (SSSR count). The number of hydrogen-bond acceptors (Lipinski definition) is 4. The number of nitrogens with one attached hydrogen (secondary N) is 2. The predicted octanol–water partition coefficient (Wildman–Crippen LogP) is 3.92. The van der Waals surface area contributed by atoms with Crippen molar-refractivity contribution in [2.24, 2.45) is 0 Å². The molecule has 2 aromatic heterocycles. The van der Waals surface area contributed by atoms with Gasteiger partial charge in [-0.3, -0.25) is 4.79 Å². The quantitative estimate of drug-likeness (QED) is 0.405. The third-order valence-electron chi connectivity index (χ3n) is 4.75. The number of carbonyl (C=O) groups excluding carboxylic acids is 1. The van der Waals surface area contributed by atoms with E-state index >= 15 is 0 Å². The number of amides is 1. The van der Waals surface area contributed by atoms with Crippen LogP contribution < -0.4 is 5.32 Å². The molecule has 31 heavy (non-hydrogen) atoms. The van der Waals surface area contributed by atoms with Crippen molar-refractivity contribution in [3.8, 4) is 10.6 Å². The number of halogens is 2. The predicted molar refractivity (Wildman–Crippen MR) is 113 cm³/mol. The molecule has 0 fully saturated rings. The summed E-state index contributed by atoms with van der Waals surface area (Å²) in [6.07, 6.45) is 1.55. The van der Waals surface area contributed by atoms with E-state index in [0.717, 1.165) is 0 Å². The van der Waals surface area contributed by atoms with Crippen molar-refractivity contribution >= 4 is 34.1 Å². The summed E-state index contributed by atoms with van der Waals surface area (Å²) in [5.74, 6) is -2.45. The highest BCUT2D eigenvalue weighted by atomic mass is 32.1. The van der Waals surface area contributed by atoms with Crippen LogP contribution in [-0.4, -0.2) is 33.0 Å². The zero-order valence-corrected chi connectivity index (χ0v) is 16.9. The van der Waals surface area contributed by atoms with Crippen LogP contribution in [0.2, 0.25) is 0 Å². The lowest BCUT2D eigenvalue weighted by molar-refractivity contribution is -0.141. The fourth-order valence-corrected chi connectivity index (χ4v) is 4.12. The molecular formula is C22H17F2N3O3S. The maximum atomic E-state index is 13.4. The number of aliphatic carboxylic acids is 1. The Morgan fingerprint density at radius 2 is 1.97 bits per heavy atom. The smallest absolute Gasteiger partial charge is 0.326 e. The fourth-order valence-electron chi connectivity index (χ4n) is 3.30. The number of nitrogens with zero attached hydrogens (tertiary/aromatic N) is 1. The Bertz CT molecular complexity index is 1270. The van der Waals surface area contributed by atoms with Crippen LogP contribution in [0.3, 0.4) is 0 Å². The van der Waals surface area contributed by atoms with Crippen molar-refractivity contribution in [2.75, 3.05) is 0 Å². The molecule has 0 aliphatic rings. The van der Waals surface area contributed by atoms with Gasteiger partial charge in [-0.1, -0.05) is 12.1 Å². The number of carbonyl (C=O) groups is 2. The van der Waals surface area contributed by atoms with Crippen molar-refractivity contribution in [2.45, 2.75) is 18.9 Å². The van der Waals surface area contributed by atoms with E-state index < -0.39 is 23.7 Å². The van der Waals surface area contributed by atoms with E-state index in [1.807, 2.05) is 0 Å². The minimum atomic E-state index is -1.18. The molecule has 0 spiro atoms. The van der Waals surface area contributed by atoms with E-state index in [0.29, 0.717) is 32.7 Å². The van der Waals surface area contributed by atoms with Gasteiger partial charge in [0.2, 0.25) is 5.91 Å². The van der Waals surface area contributed by atoms with Gasteiger partial charge in [0, 0.05) is 34.5 Å². The summed E-state index contributed by atoms with van der Waals surface area (Å²) in [6, 6.07) is 9.03. The van der Waals surface area contributed by atoms with Crippen LogP contribution in [0.4, 0.5) is 8.78 Å². The molecule has 1 unspecified atom stereocenters. The van der Waals surface area contributed by atoms with Crippen LogP contribution in [-0.2, 0) is 22.4 Å². The van der Waals surface area contributed by atoms with Gasteiger partial charge < -0.3 is 15.4 Å². The molecular weight excluding hydrogens is 424 g/mol. The second-order valence-electron chi connectivity index (χ2n) is 7.00. The molecule has 158 valence electrons. The van der Waals surface area contributed by atoms with Crippen molar-refractivity contribution < 1.29 is 23.5 Å². The van der Waals surface area contributed by atoms with E-state index in [9.17, 15) is 23.5 Å². The maximum absolute atomic E-state index is 13.4. The van der Waals surface area contributed by atoms with Gasteiger partial charge in [-0.25, -0.2) is 18.6 Å². The molecule has 2 heterocycles. The number of aromatic amines is 1. The van der Waals surface area contributed by atoms with Crippen molar-refractivity contribution in [3.63, 3.8) is 0 Å². The van der Waals surface area contributed by atoms with E-state index in [1.165, 1.54) is 35.6 Å².